The molecule has 0 spiro atoms. The van der Waals surface area contributed by atoms with E-state index in [-0.39, 0.29) is 23.9 Å². The molecule has 1 amide bonds. The molecule has 1 saturated heterocycles. The van der Waals surface area contributed by atoms with Gasteiger partial charge in [0.05, 0.1) is 6.04 Å². The van der Waals surface area contributed by atoms with Gasteiger partial charge in [-0.25, -0.2) is 0 Å². The number of aliphatic carboxylic acids is 1. The topological polar surface area (TPSA) is 77.8 Å². The number of carbonyl (C=O) groups excluding carboxylic acids is 1. The zero-order valence-electron chi connectivity index (χ0n) is 16.7. The molecule has 0 aliphatic carbocycles. The molecule has 7 heteroatoms. The summed E-state index contributed by atoms with van der Waals surface area (Å²) in [4.78, 5) is 24.3. The predicted octanol–water partition coefficient (Wildman–Crippen LogP) is 4.11. The molecule has 0 radical (unpaired) electrons. The maximum atomic E-state index is 14.7. The first-order valence-corrected chi connectivity index (χ1v) is 10.0. The van der Waals surface area contributed by atoms with E-state index < -0.39 is 17.5 Å². The highest BCUT2D eigenvalue weighted by molar-refractivity contribution is 5.79. The van der Waals surface area contributed by atoms with Gasteiger partial charge in [-0.15, -0.1) is 0 Å². The first-order chi connectivity index (χ1) is 13.6. The summed E-state index contributed by atoms with van der Waals surface area (Å²) in [6.45, 7) is 1.57. The van der Waals surface area contributed by atoms with Crippen molar-refractivity contribution in [3.63, 3.8) is 0 Å². The summed E-state index contributed by atoms with van der Waals surface area (Å²) < 4.78 is 29.5. The van der Waals surface area contributed by atoms with Crippen LogP contribution in [0.1, 0.15) is 57.4 Å². The smallest absolute Gasteiger partial charge is 0.304 e. The van der Waals surface area contributed by atoms with Crippen LogP contribution in [0.2, 0.25) is 0 Å². The number of rotatable bonds is 11. The monoisotopic (exact) mass is 409 g/mol. The van der Waals surface area contributed by atoms with E-state index in [9.17, 15) is 23.5 Å². The zero-order chi connectivity index (χ0) is 21.5. The second-order valence-electron chi connectivity index (χ2n) is 7.70. The van der Waals surface area contributed by atoms with Gasteiger partial charge in [-0.05, 0) is 32.3 Å². The minimum absolute atomic E-state index is 0.0281. The molecule has 0 aromatic heterocycles. The number of amides is 1. The van der Waals surface area contributed by atoms with Gasteiger partial charge < -0.3 is 15.1 Å². The number of hydrogen-bond acceptors (Lipinski definition) is 3. The Bertz CT molecular complexity index is 719. The number of alkyl halides is 2. The number of hydrogen-bond donors (Lipinski definition) is 2. The van der Waals surface area contributed by atoms with Gasteiger partial charge in [-0.3, -0.25) is 9.59 Å². The summed E-state index contributed by atoms with van der Waals surface area (Å²) in [7, 11) is 0. The van der Waals surface area contributed by atoms with Gasteiger partial charge in [0.25, 0.3) is 0 Å². The van der Waals surface area contributed by atoms with Crippen molar-refractivity contribution in [2.45, 2.75) is 69.4 Å². The highest BCUT2D eigenvalue weighted by Crippen LogP contribution is 2.40. The third kappa shape index (κ3) is 6.10. The minimum atomic E-state index is -3.47. The number of benzene rings is 1. The van der Waals surface area contributed by atoms with Crippen LogP contribution in [0.4, 0.5) is 8.78 Å². The number of carboxylic acid groups (broad SMARTS) is 1. The van der Waals surface area contributed by atoms with Crippen LogP contribution in [0.15, 0.2) is 42.5 Å². The molecule has 1 aromatic carbocycles. The Morgan fingerprint density at radius 1 is 1.21 bits per heavy atom. The number of nitrogens with zero attached hydrogens (tertiary/aromatic N) is 1. The van der Waals surface area contributed by atoms with E-state index >= 15 is 0 Å². The van der Waals surface area contributed by atoms with Gasteiger partial charge in [0.2, 0.25) is 5.91 Å². The Morgan fingerprint density at radius 2 is 1.86 bits per heavy atom. The predicted molar refractivity (Wildman–Crippen MR) is 106 cm³/mol. The molecule has 1 heterocycles. The van der Waals surface area contributed by atoms with Crippen LogP contribution >= 0.6 is 0 Å². The van der Waals surface area contributed by atoms with Crippen molar-refractivity contribution in [2.75, 3.05) is 6.54 Å². The second kappa shape index (κ2) is 9.96. The Balaban J connectivity index is 1.95. The van der Waals surface area contributed by atoms with Crippen molar-refractivity contribution in [3.8, 4) is 0 Å². The van der Waals surface area contributed by atoms with E-state index in [0.29, 0.717) is 25.8 Å². The Hall–Kier alpha value is -2.28. The highest BCUT2D eigenvalue weighted by atomic mass is 19.3. The van der Waals surface area contributed by atoms with Gasteiger partial charge in [-0.2, -0.15) is 8.78 Å². The van der Waals surface area contributed by atoms with Crippen molar-refractivity contribution in [1.82, 2.24) is 4.90 Å². The van der Waals surface area contributed by atoms with E-state index in [1.165, 1.54) is 30.3 Å². The van der Waals surface area contributed by atoms with Crippen LogP contribution in [0.5, 0.6) is 0 Å². The second-order valence-corrected chi connectivity index (χ2v) is 7.70. The molecule has 160 valence electrons. The molecule has 0 unspecified atom stereocenters. The first kappa shape index (κ1) is 23.0. The summed E-state index contributed by atoms with van der Waals surface area (Å²) in [5.74, 6) is -4.31. The van der Waals surface area contributed by atoms with E-state index in [1.54, 1.807) is 11.0 Å². The molecule has 5 nitrogen and oxygen atoms in total. The quantitative estimate of drug-likeness (QED) is 0.426. The highest BCUT2D eigenvalue weighted by Gasteiger charge is 2.49. The molecule has 2 rings (SSSR count). The average molecular weight is 409 g/mol. The number of unbranched alkanes of at least 4 members (excludes halogenated alkanes) is 3. The van der Waals surface area contributed by atoms with Crippen LogP contribution in [0, 0.1) is 0 Å². The third-order valence-electron chi connectivity index (χ3n) is 5.33. The standard InChI is InChI=1S/C22H29F2NO4/c1-21(29,22(23,24)17-9-5-4-6-10-17)15-14-18-12-13-19(26)25(18)16-8-3-2-7-11-20(27)28/h4-6,9-10,14-15,18,29H,2-3,7-8,11-13,16H2,1H3,(H,27,28)/t18-,21-/m1/s1. The van der Waals surface area contributed by atoms with Crippen molar-refractivity contribution < 1.29 is 28.6 Å². The molecule has 2 atom stereocenters. The van der Waals surface area contributed by atoms with Crippen molar-refractivity contribution in [3.05, 3.63) is 48.0 Å². The normalized spacial score (nSPS) is 19.7. The Labute approximate surface area is 170 Å². The average Bonchev–Trinajstić information content (AvgIpc) is 3.03. The van der Waals surface area contributed by atoms with Crippen molar-refractivity contribution in [1.29, 1.82) is 0 Å². The fraction of sp³-hybridized carbons (Fsp3) is 0.545. The number of aliphatic hydroxyl groups is 1. The third-order valence-corrected chi connectivity index (χ3v) is 5.33. The number of likely N-dealkylation sites (tertiary alicyclic amines) is 1. The van der Waals surface area contributed by atoms with Crippen LogP contribution in [0.25, 0.3) is 0 Å². The molecule has 2 N–H and O–H groups in total. The van der Waals surface area contributed by atoms with Crippen molar-refractivity contribution in [2.24, 2.45) is 0 Å². The lowest BCUT2D eigenvalue weighted by Gasteiger charge is -2.31. The van der Waals surface area contributed by atoms with Gasteiger partial charge >= 0.3 is 11.9 Å². The lowest BCUT2D eigenvalue weighted by atomic mass is 9.90. The molecule has 1 aromatic rings. The van der Waals surface area contributed by atoms with E-state index in [4.69, 9.17) is 5.11 Å². The lowest BCUT2D eigenvalue weighted by molar-refractivity contribution is -0.152. The minimum Gasteiger partial charge on any atom is -0.481 e. The van der Waals surface area contributed by atoms with Gasteiger partial charge in [-0.1, -0.05) is 49.2 Å². The maximum Gasteiger partial charge on any atom is 0.304 e. The SMILES string of the molecule is C[C@@](O)(C=C[C@H]1CCC(=O)N1CCCCCCC(=O)O)C(F)(F)c1ccccc1. The molecular weight excluding hydrogens is 380 g/mol. The fourth-order valence-electron chi connectivity index (χ4n) is 3.50. The molecule has 29 heavy (non-hydrogen) atoms. The molecule has 1 fully saturated rings. The van der Waals surface area contributed by atoms with Crippen LogP contribution in [0.3, 0.4) is 0 Å². The maximum absolute atomic E-state index is 14.7. The lowest BCUT2D eigenvalue weighted by Crippen LogP contribution is -2.42. The van der Waals surface area contributed by atoms with Gasteiger partial charge in [0.15, 0.2) is 0 Å². The molecule has 0 bridgehead atoms. The number of halogens is 2. The first-order valence-electron chi connectivity index (χ1n) is 10.0. The summed E-state index contributed by atoms with van der Waals surface area (Å²) in [6.07, 6.45) is 6.53. The number of carbonyl (C=O) groups is 2. The molecular formula is C22H29F2NO4. The largest absolute Gasteiger partial charge is 0.481 e. The van der Waals surface area contributed by atoms with Gasteiger partial charge in [0.1, 0.15) is 5.60 Å². The zero-order valence-corrected chi connectivity index (χ0v) is 16.7. The summed E-state index contributed by atoms with van der Waals surface area (Å²) in [6, 6.07) is 6.86. The molecule has 1 aliphatic heterocycles. The molecule has 0 saturated carbocycles. The number of carboxylic acids is 1. The Morgan fingerprint density at radius 3 is 2.52 bits per heavy atom. The van der Waals surface area contributed by atoms with E-state index in [0.717, 1.165) is 32.3 Å². The summed E-state index contributed by atoms with van der Waals surface area (Å²) in [5.41, 5.74) is -2.65. The summed E-state index contributed by atoms with van der Waals surface area (Å²) in [5, 5.41) is 19.1. The van der Waals surface area contributed by atoms with Crippen LogP contribution in [-0.2, 0) is 15.5 Å². The van der Waals surface area contributed by atoms with Gasteiger partial charge in [0, 0.05) is 24.9 Å². The van der Waals surface area contributed by atoms with Crippen LogP contribution in [-0.4, -0.2) is 45.2 Å². The summed E-state index contributed by atoms with van der Waals surface area (Å²) >= 11 is 0. The Kier molecular flexibility index (Phi) is 7.90. The van der Waals surface area contributed by atoms with E-state index in [1.807, 2.05) is 0 Å². The fourth-order valence-corrected chi connectivity index (χ4v) is 3.50. The molecule has 1 aliphatic rings. The van der Waals surface area contributed by atoms with E-state index in [2.05, 4.69) is 0 Å². The van der Waals surface area contributed by atoms with Crippen LogP contribution < -0.4 is 0 Å². The van der Waals surface area contributed by atoms with Crippen molar-refractivity contribution >= 4 is 11.9 Å².